The highest BCUT2D eigenvalue weighted by molar-refractivity contribution is 5.81. The molecule has 3 heteroatoms. The van der Waals surface area contributed by atoms with Crippen LogP contribution in [-0.2, 0) is 11.2 Å². The summed E-state index contributed by atoms with van der Waals surface area (Å²) in [5.41, 5.74) is 3.45. The van der Waals surface area contributed by atoms with E-state index < -0.39 is 0 Å². The van der Waals surface area contributed by atoms with Crippen LogP contribution in [0.1, 0.15) is 50.2 Å². The molecular weight excluding hydrogens is 188 g/mol. The molecule has 0 N–H and O–H groups in total. The minimum absolute atomic E-state index is 0.131. The molecule has 3 nitrogen and oxygen atoms in total. The molecule has 1 unspecified atom stereocenters. The SMILES string of the molecule is CCC(=O)C(C)n1nc(C)c(CC)c1C. The van der Waals surface area contributed by atoms with Crippen LogP contribution in [-0.4, -0.2) is 15.6 Å². The van der Waals surface area contributed by atoms with Crippen LogP contribution in [0.2, 0.25) is 0 Å². The van der Waals surface area contributed by atoms with Crippen molar-refractivity contribution in [3.8, 4) is 0 Å². The van der Waals surface area contributed by atoms with Crippen LogP contribution in [0.3, 0.4) is 0 Å². The van der Waals surface area contributed by atoms with Gasteiger partial charge in [-0.25, -0.2) is 0 Å². The van der Waals surface area contributed by atoms with Crippen molar-refractivity contribution in [3.05, 3.63) is 17.0 Å². The third-order valence-corrected chi connectivity index (χ3v) is 3.01. The molecule has 0 aliphatic carbocycles. The van der Waals surface area contributed by atoms with Gasteiger partial charge in [-0.05, 0) is 32.8 Å². The first kappa shape index (κ1) is 12.0. The number of carbonyl (C=O) groups excluding carboxylic acids is 1. The van der Waals surface area contributed by atoms with E-state index in [1.54, 1.807) is 0 Å². The highest BCUT2D eigenvalue weighted by Crippen LogP contribution is 2.18. The fraction of sp³-hybridized carbons (Fsp3) is 0.667. The molecule has 1 aromatic heterocycles. The third kappa shape index (κ3) is 2.11. The minimum atomic E-state index is -0.131. The lowest BCUT2D eigenvalue weighted by Gasteiger charge is -2.12. The molecule has 0 aliphatic heterocycles. The molecule has 1 heterocycles. The maximum Gasteiger partial charge on any atom is 0.156 e. The van der Waals surface area contributed by atoms with Gasteiger partial charge < -0.3 is 0 Å². The first-order valence-electron chi connectivity index (χ1n) is 5.60. The lowest BCUT2D eigenvalue weighted by Crippen LogP contribution is -2.18. The molecule has 0 amide bonds. The largest absolute Gasteiger partial charge is 0.297 e. The Bertz CT molecular complexity index is 366. The number of aryl methyl sites for hydroxylation is 1. The number of hydrogen-bond acceptors (Lipinski definition) is 2. The molecule has 0 saturated heterocycles. The number of nitrogens with zero attached hydrogens (tertiary/aromatic N) is 2. The molecular formula is C12H20N2O. The molecule has 15 heavy (non-hydrogen) atoms. The van der Waals surface area contributed by atoms with E-state index in [9.17, 15) is 4.79 Å². The Hall–Kier alpha value is -1.12. The van der Waals surface area contributed by atoms with E-state index in [-0.39, 0.29) is 11.8 Å². The molecule has 0 bridgehead atoms. The van der Waals surface area contributed by atoms with Gasteiger partial charge in [0.15, 0.2) is 5.78 Å². The smallest absolute Gasteiger partial charge is 0.156 e. The second-order valence-electron chi connectivity index (χ2n) is 3.94. The first-order chi connectivity index (χ1) is 7.02. The van der Waals surface area contributed by atoms with Crippen LogP contribution in [0.4, 0.5) is 0 Å². The number of rotatable bonds is 4. The zero-order valence-corrected chi connectivity index (χ0v) is 10.3. The van der Waals surface area contributed by atoms with Crippen molar-refractivity contribution in [2.24, 2.45) is 0 Å². The van der Waals surface area contributed by atoms with Crippen LogP contribution in [0, 0.1) is 13.8 Å². The van der Waals surface area contributed by atoms with E-state index in [4.69, 9.17) is 0 Å². The Balaban J connectivity index is 3.10. The van der Waals surface area contributed by atoms with Gasteiger partial charge in [0.05, 0.1) is 5.69 Å². The van der Waals surface area contributed by atoms with Gasteiger partial charge in [0.2, 0.25) is 0 Å². The van der Waals surface area contributed by atoms with E-state index in [1.807, 2.05) is 32.4 Å². The van der Waals surface area contributed by atoms with Gasteiger partial charge in [-0.3, -0.25) is 9.48 Å². The molecule has 0 aliphatic rings. The lowest BCUT2D eigenvalue weighted by atomic mass is 10.1. The second kappa shape index (κ2) is 4.60. The van der Waals surface area contributed by atoms with E-state index >= 15 is 0 Å². The molecule has 1 rings (SSSR count). The topological polar surface area (TPSA) is 34.9 Å². The maximum atomic E-state index is 11.6. The van der Waals surface area contributed by atoms with Crippen LogP contribution < -0.4 is 0 Å². The minimum Gasteiger partial charge on any atom is -0.297 e. The Morgan fingerprint density at radius 3 is 2.40 bits per heavy atom. The fourth-order valence-electron chi connectivity index (χ4n) is 2.02. The summed E-state index contributed by atoms with van der Waals surface area (Å²) >= 11 is 0. The van der Waals surface area contributed by atoms with Crippen molar-refractivity contribution >= 4 is 5.78 Å². The summed E-state index contributed by atoms with van der Waals surface area (Å²) in [6, 6.07) is -0.131. The van der Waals surface area contributed by atoms with Crippen molar-refractivity contribution in [2.45, 2.75) is 53.5 Å². The molecule has 1 aromatic rings. The molecule has 84 valence electrons. The lowest BCUT2D eigenvalue weighted by molar-refractivity contribution is -0.121. The van der Waals surface area contributed by atoms with Gasteiger partial charge in [-0.1, -0.05) is 13.8 Å². The zero-order valence-electron chi connectivity index (χ0n) is 10.3. The van der Waals surface area contributed by atoms with Crippen molar-refractivity contribution < 1.29 is 4.79 Å². The predicted molar refractivity (Wildman–Crippen MR) is 61.1 cm³/mol. The molecule has 0 aromatic carbocycles. The standard InChI is InChI=1S/C12H20N2O/c1-6-11-8(3)13-14(9(11)4)10(5)12(15)7-2/h10H,6-7H2,1-5H3. The number of hydrogen-bond donors (Lipinski definition) is 0. The highest BCUT2D eigenvalue weighted by atomic mass is 16.1. The van der Waals surface area contributed by atoms with Crippen LogP contribution in [0.15, 0.2) is 0 Å². The summed E-state index contributed by atoms with van der Waals surface area (Å²) < 4.78 is 1.86. The molecule has 0 saturated carbocycles. The van der Waals surface area contributed by atoms with Gasteiger partial charge >= 0.3 is 0 Å². The van der Waals surface area contributed by atoms with E-state index in [0.29, 0.717) is 6.42 Å². The first-order valence-corrected chi connectivity index (χ1v) is 5.60. The summed E-state index contributed by atoms with van der Waals surface area (Å²) in [6.07, 6.45) is 1.55. The van der Waals surface area contributed by atoms with Gasteiger partial charge in [0.25, 0.3) is 0 Å². The molecule has 0 radical (unpaired) electrons. The van der Waals surface area contributed by atoms with Gasteiger partial charge in [0.1, 0.15) is 6.04 Å². The number of aromatic nitrogens is 2. The van der Waals surface area contributed by atoms with Crippen LogP contribution in [0.25, 0.3) is 0 Å². The van der Waals surface area contributed by atoms with Crippen molar-refractivity contribution in [1.82, 2.24) is 9.78 Å². The number of carbonyl (C=O) groups is 1. The Kier molecular flexibility index (Phi) is 3.66. The maximum absolute atomic E-state index is 11.6. The molecule has 0 spiro atoms. The summed E-state index contributed by atoms with van der Waals surface area (Å²) in [7, 11) is 0. The summed E-state index contributed by atoms with van der Waals surface area (Å²) in [6.45, 7) is 9.98. The van der Waals surface area contributed by atoms with Crippen LogP contribution >= 0.6 is 0 Å². The van der Waals surface area contributed by atoms with E-state index in [2.05, 4.69) is 12.0 Å². The average molecular weight is 208 g/mol. The van der Waals surface area contributed by atoms with Gasteiger partial charge in [-0.15, -0.1) is 0 Å². The normalized spacial score (nSPS) is 12.9. The van der Waals surface area contributed by atoms with Crippen molar-refractivity contribution in [1.29, 1.82) is 0 Å². The van der Waals surface area contributed by atoms with Gasteiger partial charge in [0, 0.05) is 12.1 Å². The van der Waals surface area contributed by atoms with Crippen LogP contribution in [0.5, 0.6) is 0 Å². The van der Waals surface area contributed by atoms with E-state index in [1.165, 1.54) is 5.56 Å². The quantitative estimate of drug-likeness (QED) is 0.762. The Labute approximate surface area is 91.5 Å². The summed E-state index contributed by atoms with van der Waals surface area (Å²) in [4.78, 5) is 11.6. The van der Waals surface area contributed by atoms with Crippen molar-refractivity contribution in [3.63, 3.8) is 0 Å². The zero-order chi connectivity index (χ0) is 11.6. The summed E-state index contributed by atoms with van der Waals surface area (Å²) in [5.74, 6) is 0.239. The second-order valence-corrected chi connectivity index (χ2v) is 3.94. The third-order valence-electron chi connectivity index (χ3n) is 3.01. The monoisotopic (exact) mass is 208 g/mol. The van der Waals surface area contributed by atoms with Gasteiger partial charge in [-0.2, -0.15) is 5.10 Å². The van der Waals surface area contributed by atoms with Crippen molar-refractivity contribution in [2.75, 3.05) is 0 Å². The Morgan fingerprint density at radius 1 is 1.40 bits per heavy atom. The number of Topliss-reactive ketones (excluding diaryl/α,β-unsaturated/α-hetero) is 1. The molecule has 0 fully saturated rings. The van der Waals surface area contributed by atoms with E-state index in [0.717, 1.165) is 17.8 Å². The highest BCUT2D eigenvalue weighted by Gasteiger charge is 2.18. The number of ketones is 1. The average Bonchev–Trinajstić information content (AvgIpc) is 2.51. The predicted octanol–water partition coefficient (Wildman–Crippen LogP) is 2.60. The molecule has 1 atom stereocenters. The summed E-state index contributed by atoms with van der Waals surface area (Å²) in [5, 5.41) is 4.45. The Morgan fingerprint density at radius 2 is 2.00 bits per heavy atom. The fourth-order valence-corrected chi connectivity index (χ4v) is 2.02.